The number of nitrogens with zero attached hydrogens (tertiary/aromatic N) is 1. The smallest absolute Gasteiger partial charge is 0.248 e. The SMILES string of the molecule is COc1cc2nccc(Oc3ccc4cc(-c5cccc(C(N)=O)c5)ccc4c3F)c2cc1OC. The number of ether oxygens (including phenoxy) is 3. The number of hydrogen-bond acceptors (Lipinski definition) is 5. The van der Waals surface area contributed by atoms with E-state index in [1.54, 1.807) is 81.1 Å². The second-order valence-corrected chi connectivity index (χ2v) is 7.89. The highest BCUT2D eigenvalue weighted by Crippen LogP contribution is 2.38. The lowest BCUT2D eigenvalue weighted by Gasteiger charge is -2.13. The van der Waals surface area contributed by atoms with Crippen molar-refractivity contribution in [2.45, 2.75) is 0 Å². The van der Waals surface area contributed by atoms with Gasteiger partial charge >= 0.3 is 0 Å². The molecule has 0 saturated heterocycles. The predicted molar refractivity (Wildman–Crippen MR) is 133 cm³/mol. The molecule has 6 nitrogen and oxygen atoms in total. The molecule has 0 bridgehead atoms. The van der Waals surface area contributed by atoms with Crippen molar-refractivity contribution in [2.24, 2.45) is 5.73 Å². The number of aromatic nitrogens is 1. The molecule has 0 radical (unpaired) electrons. The quantitative estimate of drug-likeness (QED) is 0.325. The number of hydrogen-bond donors (Lipinski definition) is 1. The maximum atomic E-state index is 15.5. The normalized spacial score (nSPS) is 10.9. The summed E-state index contributed by atoms with van der Waals surface area (Å²) in [5.74, 6) is 0.603. The standard InChI is InChI=1S/C28H21FN2O4/c1-33-25-14-21-22(15-26(25)34-2)31-11-10-23(21)35-24-9-7-18-12-17(6-8-20(18)27(24)29)16-4-3-5-19(13-16)28(30)32/h3-15H,1-2H3,(H2,30,32). The van der Waals surface area contributed by atoms with Crippen LogP contribution in [0.2, 0.25) is 0 Å². The number of amides is 1. The van der Waals surface area contributed by atoms with Crippen LogP contribution in [0, 0.1) is 5.82 Å². The summed E-state index contributed by atoms with van der Waals surface area (Å²) in [7, 11) is 3.09. The summed E-state index contributed by atoms with van der Waals surface area (Å²) >= 11 is 0. The van der Waals surface area contributed by atoms with Crippen molar-refractivity contribution in [1.82, 2.24) is 4.98 Å². The first-order chi connectivity index (χ1) is 17.0. The van der Waals surface area contributed by atoms with Gasteiger partial charge in [0.05, 0.1) is 19.7 Å². The van der Waals surface area contributed by atoms with Gasteiger partial charge in [0.1, 0.15) is 5.75 Å². The zero-order valence-electron chi connectivity index (χ0n) is 19.0. The minimum absolute atomic E-state index is 0.0864. The third kappa shape index (κ3) is 4.08. The zero-order chi connectivity index (χ0) is 24.5. The van der Waals surface area contributed by atoms with Crippen molar-refractivity contribution in [3.63, 3.8) is 0 Å². The number of nitrogens with two attached hydrogens (primary N) is 1. The monoisotopic (exact) mass is 468 g/mol. The van der Waals surface area contributed by atoms with E-state index in [2.05, 4.69) is 4.98 Å². The van der Waals surface area contributed by atoms with E-state index in [1.807, 2.05) is 12.1 Å². The lowest BCUT2D eigenvalue weighted by molar-refractivity contribution is 0.100. The summed E-state index contributed by atoms with van der Waals surface area (Å²) in [4.78, 5) is 15.9. The highest BCUT2D eigenvalue weighted by Gasteiger charge is 2.15. The van der Waals surface area contributed by atoms with Gasteiger partial charge in [-0.2, -0.15) is 0 Å². The Hall–Kier alpha value is -4.65. The molecule has 0 atom stereocenters. The first-order valence-electron chi connectivity index (χ1n) is 10.8. The number of primary amides is 1. The molecule has 0 saturated carbocycles. The fourth-order valence-corrected chi connectivity index (χ4v) is 4.04. The van der Waals surface area contributed by atoms with E-state index in [0.717, 1.165) is 11.1 Å². The molecule has 0 spiro atoms. The molecule has 1 aromatic heterocycles. The Bertz CT molecular complexity index is 1600. The largest absolute Gasteiger partial charge is 0.493 e. The fourth-order valence-electron chi connectivity index (χ4n) is 4.04. The Morgan fingerprint density at radius 1 is 0.800 bits per heavy atom. The Morgan fingerprint density at radius 3 is 2.34 bits per heavy atom. The number of benzene rings is 4. The van der Waals surface area contributed by atoms with Crippen LogP contribution in [0.25, 0.3) is 32.8 Å². The van der Waals surface area contributed by atoms with E-state index in [-0.39, 0.29) is 5.75 Å². The van der Waals surface area contributed by atoms with Crippen LogP contribution in [0.3, 0.4) is 0 Å². The second kappa shape index (κ2) is 8.95. The van der Waals surface area contributed by atoms with Crippen molar-refractivity contribution >= 4 is 27.6 Å². The highest BCUT2D eigenvalue weighted by atomic mass is 19.1. The summed E-state index contributed by atoms with van der Waals surface area (Å²) in [5, 5.41) is 1.77. The van der Waals surface area contributed by atoms with E-state index in [0.29, 0.717) is 44.5 Å². The van der Waals surface area contributed by atoms with Gasteiger partial charge in [0, 0.05) is 28.6 Å². The summed E-state index contributed by atoms with van der Waals surface area (Å²) in [6.07, 6.45) is 1.59. The molecule has 0 unspecified atom stereocenters. The van der Waals surface area contributed by atoms with E-state index >= 15 is 4.39 Å². The molecule has 0 fully saturated rings. The molecule has 35 heavy (non-hydrogen) atoms. The van der Waals surface area contributed by atoms with Crippen molar-refractivity contribution in [2.75, 3.05) is 14.2 Å². The Labute approximate surface area is 200 Å². The number of halogens is 1. The molecule has 174 valence electrons. The molecule has 7 heteroatoms. The van der Waals surface area contributed by atoms with Gasteiger partial charge in [-0.25, -0.2) is 4.39 Å². The Balaban J connectivity index is 1.53. The van der Waals surface area contributed by atoms with Gasteiger partial charge in [-0.3, -0.25) is 9.78 Å². The molecule has 5 aromatic rings. The second-order valence-electron chi connectivity index (χ2n) is 7.89. The van der Waals surface area contributed by atoms with Crippen molar-refractivity contribution in [3.8, 4) is 34.1 Å². The molecule has 0 aliphatic carbocycles. The first kappa shape index (κ1) is 22.2. The number of carbonyl (C=O) groups excluding carboxylic acids is 1. The number of carbonyl (C=O) groups is 1. The van der Waals surface area contributed by atoms with Crippen LogP contribution >= 0.6 is 0 Å². The average molecular weight is 468 g/mol. The van der Waals surface area contributed by atoms with Crippen LogP contribution < -0.4 is 19.9 Å². The van der Waals surface area contributed by atoms with Gasteiger partial charge < -0.3 is 19.9 Å². The highest BCUT2D eigenvalue weighted by molar-refractivity contribution is 5.95. The average Bonchev–Trinajstić information content (AvgIpc) is 2.89. The predicted octanol–water partition coefficient (Wildman–Crippen LogP) is 6.10. The Morgan fingerprint density at radius 2 is 1.57 bits per heavy atom. The van der Waals surface area contributed by atoms with Gasteiger partial charge in [0.15, 0.2) is 23.1 Å². The van der Waals surface area contributed by atoms with Gasteiger partial charge in [-0.1, -0.05) is 30.3 Å². The molecule has 0 aliphatic rings. The van der Waals surface area contributed by atoms with Crippen LogP contribution in [-0.4, -0.2) is 25.1 Å². The molecule has 1 heterocycles. The van der Waals surface area contributed by atoms with Crippen molar-refractivity contribution in [3.05, 3.63) is 90.4 Å². The van der Waals surface area contributed by atoms with Crippen LogP contribution in [0.1, 0.15) is 10.4 Å². The van der Waals surface area contributed by atoms with E-state index in [1.165, 1.54) is 0 Å². The van der Waals surface area contributed by atoms with Gasteiger partial charge in [-0.15, -0.1) is 0 Å². The summed E-state index contributed by atoms with van der Waals surface area (Å²) in [5.41, 5.74) is 8.10. The molecule has 4 aromatic carbocycles. The molecule has 5 rings (SSSR count). The zero-order valence-corrected chi connectivity index (χ0v) is 19.0. The molecular weight excluding hydrogens is 447 g/mol. The lowest BCUT2D eigenvalue weighted by atomic mass is 9.99. The van der Waals surface area contributed by atoms with Crippen molar-refractivity contribution < 1.29 is 23.4 Å². The van der Waals surface area contributed by atoms with Gasteiger partial charge in [-0.05, 0) is 52.9 Å². The van der Waals surface area contributed by atoms with Crippen LogP contribution in [0.15, 0.2) is 79.0 Å². The number of methoxy groups -OCH3 is 2. The Kier molecular flexibility index (Phi) is 5.66. The summed E-state index contributed by atoms with van der Waals surface area (Å²) in [6.45, 7) is 0. The number of fused-ring (bicyclic) bond motifs is 2. The maximum Gasteiger partial charge on any atom is 0.248 e. The lowest BCUT2D eigenvalue weighted by Crippen LogP contribution is -2.10. The number of rotatable bonds is 6. The topological polar surface area (TPSA) is 83.7 Å². The third-order valence-electron chi connectivity index (χ3n) is 5.83. The van der Waals surface area contributed by atoms with Crippen LogP contribution in [-0.2, 0) is 0 Å². The minimum Gasteiger partial charge on any atom is -0.493 e. The first-order valence-corrected chi connectivity index (χ1v) is 10.8. The molecule has 2 N–H and O–H groups in total. The number of pyridine rings is 1. The van der Waals surface area contributed by atoms with Gasteiger partial charge in [0.25, 0.3) is 0 Å². The van der Waals surface area contributed by atoms with E-state index in [9.17, 15) is 4.79 Å². The summed E-state index contributed by atoms with van der Waals surface area (Å²) < 4.78 is 32.2. The third-order valence-corrected chi connectivity index (χ3v) is 5.83. The van der Waals surface area contributed by atoms with E-state index < -0.39 is 11.7 Å². The summed E-state index contributed by atoms with van der Waals surface area (Å²) in [6, 6.07) is 20.9. The maximum absolute atomic E-state index is 15.5. The molecular formula is C28H21FN2O4. The van der Waals surface area contributed by atoms with Crippen LogP contribution in [0.4, 0.5) is 4.39 Å². The minimum atomic E-state index is -0.500. The van der Waals surface area contributed by atoms with Gasteiger partial charge in [0.2, 0.25) is 5.91 Å². The molecule has 1 amide bonds. The fraction of sp³-hybridized carbons (Fsp3) is 0.0714. The van der Waals surface area contributed by atoms with Crippen LogP contribution in [0.5, 0.6) is 23.0 Å². The van der Waals surface area contributed by atoms with E-state index in [4.69, 9.17) is 19.9 Å². The van der Waals surface area contributed by atoms with Crippen molar-refractivity contribution in [1.29, 1.82) is 0 Å². The molecule has 0 aliphatic heterocycles.